The van der Waals surface area contributed by atoms with E-state index < -0.39 is 13.3 Å². The summed E-state index contributed by atoms with van der Waals surface area (Å²) in [4.78, 5) is 12.7. The third-order valence-electron chi connectivity index (χ3n) is 5.29. The summed E-state index contributed by atoms with van der Waals surface area (Å²) < 4.78 is 19.1. The van der Waals surface area contributed by atoms with Crippen LogP contribution in [-0.4, -0.2) is 18.3 Å². The average Bonchev–Trinajstić information content (AvgIpc) is 2.68. The molecule has 0 aromatic heterocycles. The van der Waals surface area contributed by atoms with Crippen LogP contribution >= 0.6 is 7.37 Å². The summed E-state index contributed by atoms with van der Waals surface area (Å²) in [7, 11) is -2.92. The normalized spacial score (nSPS) is 11.8. The predicted octanol–water partition coefficient (Wildman–Crippen LogP) is 8.26. The minimum absolute atomic E-state index is 0.424. The Kier molecular flexibility index (Phi) is 13.3. The van der Waals surface area contributed by atoms with E-state index in [9.17, 15) is 9.36 Å². The van der Waals surface area contributed by atoms with E-state index in [1.165, 1.54) is 31.2 Å². The molecule has 1 aromatic carbocycles. The van der Waals surface area contributed by atoms with E-state index in [2.05, 4.69) is 27.7 Å². The quantitative estimate of drug-likeness (QED) is 0.199. The van der Waals surface area contributed by atoms with Gasteiger partial charge < -0.3 is 4.52 Å². The molecule has 0 aliphatic heterocycles. The van der Waals surface area contributed by atoms with Gasteiger partial charge in [0.1, 0.15) is 0 Å². The van der Waals surface area contributed by atoms with E-state index in [4.69, 9.17) is 4.52 Å². The van der Waals surface area contributed by atoms with Gasteiger partial charge in [-0.25, -0.2) is 4.79 Å². The second-order valence-electron chi connectivity index (χ2n) is 8.76. The van der Waals surface area contributed by atoms with E-state index in [1.54, 1.807) is 0 Å². The Morgan fingerprint density at radius 1 is 0.828 bits per heavy atom. The van der Waals surface area contributed by atoms with Crippen LogP contribution in [0.4, 0.5) is 0 Å². The first-order valence-corrected chi connectivity index (χ1v) is 13.8. The molecule has 3 nitrogen and oxygen atoms in total. The fourth-order valence-corrected chi connectivity index (χ4v) is 5.79. The molecule has 0 N–H and O–H groups in total. The molecule has 0 heterocycles. The summed E-state index contributed by atoms with van der Waals surface area (Å²) in [5.41, 5.74) is 1.72. The van der Waals surface area contributed by atoms with Crippen LogP contribution < -0.4 is 0 Å². The SMILES string of the molecule is CCCCCCCP(=O)(CCCCCCC)OC(=O)c1ccc(CC(C)C)cc1. The summed E-state index contributed by atoms with van der Waals surface area (Å²) in [6.45, 7) is 8.74. The first kappa shape index (κ1) is 26.0. The molecule has 0 saturated heterocycles. The molecule has 29 heavy (non-hydrogen) atoms. The van der Waals surface area contributed by atoms with Crippen molar-refractivity contribution in [2.24, 2.45) is 5.92 Å². The lowest BCUT2D eigenvalue weighted by Crippen LogP contribution is -2.09. The Bertz CT molecular complexity index is 589. The molecular formula is C25H43O3P. The molecule has 0 amide bonds. The summed E-state index contributed by atoms with van der Waals surface area (Å²) in [6, 6.07) is 7.59. The van der Waals surface area contributed by atoms with Crippen LogP contribution in [0.25, 0.3) is 0 Å². The van der Waals surface area contributed by atoms with Gasteiger partial charge in [0.05, 0.1) is 5.56 Å². The van der Waals surface area contributed by atoms with Crippen LogP contribution in [0.2, 0.25) is 0 Å². The topological polar surface area (TPSA) is 43.4 Å². The molecule has 1 rings (SSSR count). The van der Waals surface area contributed by atoms with Gasteiger partial charge in [-0.05, 0) is 42.9 Å². The Hall–Kier alpha value is -1.08. The van der Waals surface area contributed by atoms with Crippen LogP contribution in [0.5, 0.6) is 0 Å². The fraction of sp³-hybridized carbons (Fsp3) is 0.720. The lowest BCUT2D eigenvalue weighted by molar-refractivity contribution is 0.0740. The zero-order valence-electron chi connectivity index (χ0n) is 19.3. The summed E-state index contributed by atoms with van der Waals surface area (Å²) in [5.74, 6) is 0.153. The van der Waals surface area contributed by atoms with Gasteiger partial charge in [-0.2, -0.15) is 0 Å². The van der Waals surface area contributed by atoms with Crippen molar-refractivity contribution in [3.63, 3.8) is 0 Å². The maximum absolute atomic E-state index is 13.4. The zero-order valence-corrected chi connectivity index (χ0v) is 20.1. The first-order chi connectivity index (χ1) is 13.9. The Morgan fingerprint density at radius 3 is 1.76 bits per heavy atom. The van der Waals surface area contributed by atoms with Crippen molar-refractivity contribution in [3.8, 4) is 0 Å². The number of hydrogen-bond acceptors (Lipinski definition) is 3. The van der Waals surface area contributed by atoms with Crippen molar-refractivity contribution in [2.75, 3.05) is 12.3 Å². The predicted molar refractivity (Wildman–Crippen MR) is 125 cm³/mol. The van der Waals surface area contributed by atoms with Gasteiger partial charge in [0.25, 0.3) is 7.37 Å². The molecule has 1 aromatic rings. The van der Waals surface area contributed by atoms with Crippen molar-refractivity contribution in [1.29, 1.82) is 0 Å². The van der Waals surface area contributed by atoms with Crippen LogP contribution in [0.1, 0.15) is 108 Å². The molecule has 4 heteroatoms. The molecule has 0 saturated carbocycles. The van der Waals surface area contributed by atoms with E-state index in [0.29, 0.717) is 23.8 Å². The molecule has 0 aliphatic rings. The third-order valence-corrected chi connectivity index (χ3v) is 7.78. The lowest BCUT2D eigenvalue weighted by atomic mass is 10.0. The highest BCUT2D eigenvalue weighted by atomic mass is 31.2. The maximum Gasteiger partial charge on any atom is 0.343 e. The minimum Gasteiger partial charge on any atom is -0.408 e. The summed E-state index contributed by atoms with van der Waals surface area (Å²) in [5, 5.41) is 0. The van der Waals surface area contributed by atoms with Gasteiger partial charge in [-0.3, -0.25) is 4.57 Å². The Balaban J connectivity index is 2.67. The van der Waals surface area contributed by atoms with Crippen LogP contribution in [-0.2, 0) is 15.5 Å². The molecule has 166 valence electrons. The van der Waals surface area contributed by atoms with Crippen LogP contribution in [0, 0.1) is 5.92 Å². The van der Waals surface area contributed by atoms with Crippen LogP contribution in [0.3, 0.4) is 0 Å². The maximum atomic E-state index is 13.4. The molecule has 0 radical (unpaired) electrons. The average molecular weight is 423 g/mol. The summed E-state index contributed by atoms with van der Waals surface area (Å²) >= 11 is 0. The monoisotopic (exact) mass is 422 g/mol. The highest BCUT2D eigenvalue weighted by Crippen LogP contribution is 2.49. The van der Waals surface area contributed by atoms with Crippen molar-refractivity contribution in [3.05, 3.63) is 35.4 Å². The second-order valence-corrected chi connectivity index (χ2v) is 11.5. The highest BCUT2D eigenvalue weighted by molar-refractivity contribution is 7.59. The van der Waals surface area contributed by atoms with E-state index >= 15 is 0 Å². The number of rotatable bonds is 16. The molecule has 0 unspecified atom stereocenters. The standard InChI is InChI=1S/C25H43O3P/c1-5-7-9-11-13-19-29(27,20-14-12-10-8-6-2)28-25(26)24-17-15-23(16-18-24)21-22(3)4/h15-18,22H,5-14,19-21H2,1-4H3. The van der Waals surface area contributed by atoms with E-state index in [0.717, 1.165) is 44.9 Å². The van der Waals surface area contributed by atoms with Crippen LogP contribution in [0.15, 0.2) is 24.3 Å². The van der Waals surface area contributed by atoms with E-state index in [1.807, 2.05) is 24.3 Å². The number of hydrogen-bond donors (Lipinski definition) is 0. The van der Waals surface area contributed by atoms with Gasteiger partial charge in [0.15, 0.2) is 0 Å². The van der Waals surface area contributed by atoms with E-state index in [-0.39, 0.29) is 0 Å². The van der Waals surface area contributed by atoms with Crippen molar-refractivity contribution < 1.29 is 13.9 Å². The summed E-state index contributed by atoms with van der Waals surface area (Å²) in [6.07, 6.45) is 13.1. The van der Waals surface area contributed by atoms with Gasteiger partial charge >= 0.3 is 5.97 Å². The molecule has 0 fully saturated rings. The van der Waals surface area contributed by atoms with Gasteiger partial charge in [-0.1, -0.05) is 91.2 Å². The number of carbonyl (C=O) groups is 1. The third kappa shape index (κ3) is 11.6. The van der Waals surface area contributed by atoms with Gasteiger partial charge in [-0.15, -0.1) is 0 Å². The number of benzene rings is 1. The highest BCUT2D eigenvalue weighted by Gasteiger charge is 2.27. The molecule has 0 aliphatic carbocycles. The van der Waals surface area contributed by atoms with Crippen molar-refractivity contribution in [2.45, 2.75) is 98.3 Å². The number of carbonyl (C=O) groups excluding carboxylic acids is 1. The largest absolute Gasteiger partial charge is 0.408 e. The molecule has 0 bridgehead atoms. The van der Waals surface area contributed by atoms with Gasteiger partial charge in [0.2, 0.25) is 0 Å². The molecular weight excluding hydrogens is 379 g/mol. The Morgan fingerprint density at radius 2 is 1.31 bits per heavy atom. The molecule has 0 atom stereocenters. The number of unbranched alkanes of at least 4 members (excludes halogenated alkanes) is 8. The lowest BCUT2D eigenvalue weighted by Gasteiger charge is -2.19. The fourth-order valence-electron chi connectivity index (χ4n) is 3.57. The van der Waals surface area contributed by atoms with Crippen molar-refractivity contribution >= 4 is 13.3 Å². The minimum atomic E-state index is -2.92. The second kappa shape index (κ2) is 14.8. The van der Waals surface area contributed by atoms with Gasteiger partial charge in [0, 0.05) is 12.3 Å². The first-order valence-electron chi connectivity index (χ1n) is 11.8. The zero-order chi connectivity index (χ0) is 21.5. The Labute approximate surface area is 179 Å². The van der Waals surface area contributed by atoms with Crippen molar-refractivity contribution in [1.82, 2.24) is 0 Å². The molecule has 0 spiro atoms. The smallest absolute Gasteiger partial charge is 0.343 e.